The smallest absolute Gasteiger partial charge is 0.408 e. The Bertz CT molecular complexity index is 630. The highest BCUT2D eigenvalue weighted by Gasteiger charge is 2.26. The molecule has 7 nitrogen and oxygen atoms in total. The predicted molar refractivity (Wildman–Crippen MR) is 95.9 cm³/mol. The number of alkyl carbamates (subject to hydrolysis) is 1. The quantitative estimate of drug-likeness (QED) is 0.616. The van der Waals surface area contributed by atoms with Crippen LogP contribution in [-0.4, -0.2) is 42.9 Å². The molecule has 26 heavy (non-hydrogen) atoms. The lowest BCUT2D eigenvalue weighted by atomic mass is 10.0. The largest absolute Gasteiger partial charge is 0.465 e. The summed E-state index contributed by atoms with van der Waals surface area (Å²) in [6, 6.07) is 5.67. The van der Waals surface area contributed by atoms with Crippen LogP contribution in [0.25, 0.3) is 0 Å². The van der Waals surface area contributed by atoms with Gasteiger partial charge in [-0.1, -0.05) is 12.1 Å². The van der Waals surface area contributed by atoms with Crippen molar-refractivity contribution in [3.05, 3.63) is 35.4 Å². The van der Waals surface area contributed by atoms with Gasteiger partial charge in [0.05, 0.1) is 18.8 Å². The molecule has 1 amide bonds. The number of esters is 2. The van der Waals surface area contributed by atoms with Crippen molar-refractivity contribution >= 4 is 18.0 Å². The van der Waals surface area contributed by atoms with Crippen molar-refractivity contribution in [1.82, 2.24) is 5.32 Å². The molecule has 0 fully saturated rings. The number of amides is 1. The maximum Gasteiger partial charge on any atom is 0.408 e. The predicted octanol–water partition coefficient (Wildman–Crippen LogP) is 2.86. The monoisotopic (exact) mass is 365 g/mol. The van der Waals surface area contributed by atoms with Crippen LogP contribution in [0.15, 0.2) is 24.3 Å². The zero-order chi connectivity index (χ0) is 19.9. The molecule has 0 radical (unpaired) electrons. The summed E-state index contributed by atoms with van der Waals surface area (Å²) in [6.45, 7) is 8.67. The molecule has 0 aliphatic rings. The van der Waals surface area contributed by atoms with E-state index in [0.717, 1.165) is 5.56 Å². The van der Waals surface area contributed by atoms with Gasteiger partial charge < -0.3 is 19.5 Å². The van der Waals surface area contributed by atoms with Crippen molar-refractivity contribution in [2.24, 2.45) is 0 Å². The SMILES string of the molecule is COC(=O)c1ccc(C[C@@H](NC(=O)OC(C)(C)C)C(=O)OC(C)C)cc1. The Morgan fingerprint density at radius 3 is 2.12 bits per heavy atom. The highest BCUT2D eigenvalue weighted by molar-refractivity contribution is 5.89. The summed E-state index contributed by atoms with van der Waals surface area (Å²) in [5.74, 6) is -0.998. The van der Waals surface area contributed by atoms with Gasteiger partial charge in [0.1, 0.15) is 11.6 Å². The van der Waals surface area contributed by atoms with E-state index in [1.54, 1.807) is 58.9 Å². The Kier molecular flexibility index (Phi) is 7.61. The van der Waals surface area contributed by atoms with E-state index in [2.05, 4.69) is 10.1 Å². The molecule has 0 saturated heterocycles. The van der Waals surface area contributed by atoms with Crippen molar-refractivity contribution in [1.29, 1.82) is 0 Å². The van der Waals surface area contributed by atoms with E-state index in [0.29, 0.717) is 5.56 Å². The number of hydrogen-bond donors (Lipinski definition) is 1. The van der Waals surface area contributed by atoms with Crippen LogP contribution in [-0.2, 0) is 25.4 Å². The van der Waals surface area contributed by atoms with Gasteiger partial charge in [0, 0.05) is 6.42 Å². The van der Waals surface area contributed by atoms with Crippen molar-refractivity contribution in [2.45, 2.75) is 58.8 Å². The van der Waals surface area contributed by atoms with Crippen LogP contribution in [0.5, 0.6) is 0 Å². The van der Waals surface area contributed by atoms with Gasteiger partial charge in [-0.2, -0.15) is 0 Å². The first kappa shape index (κ1) is 21.5. The lowest BCUT2D eigenvalue weighted by molar-refractivity contribution is -0.149. The Labute approximate surface area is 154 Å². The number of nitrogens with one attached hydrogen (secondary N) is 1. The molecule has 1 aromatic rings. The maximum atomic E-state index is 12.3. The van der Waals surface area contributed by atoms with E-state index < -0.39 is 29.7 Å². The minimum absolute atomic E-state index is 0.201. The Hall–Kier alpha value is -2.57. The highest BCUT2D eigenvalue weighted by atomic mass is 16.6. The van der Waals surface area contributed by atoms with Crippen molar-refractivity contribution < 1.29 is 28.6 Å². The van der Waals surface area contributed by atoms with E-state index in [-0.39, 0.29) is 12.5 Å². The molecule has 0 heterocycles. The van der Waals surface area contributed by atoms with Crippen LogP contribution in [0, 0.1) is 0 Å². The zero-order valence-electron chi connectivity index (χ0n) is 16.1. The van der Waals surface area contributed by atoms with Crippen molar-refractivity contribution in [3.63, 3.8) is 0 Å². The molecule has 0 aliphatic heterocycles. The van der Waals surface area contributed by atoms with Gasteiger partial charge in [0.25, 0.3) is 0 Å². The van der Waals surface area contributed by atoms with Crippen LogP contribution in [0.2, 0.25) is 0 Å². The van der Waals surface area contributed by atoms with E-state index in [1.165, 1.54) is 7.11 Å². The summed E-state index contributed by atoms with van der Waals surface area (Å²) >= 11 is 0. The van der Waals surface area contributed by atoms with E-state index in [1.807, 2.05) is 0 Å². The van der Waals surface area contributed by atoms with Gasteiger partial charge in [0.15, 0.2) is 0 Å². The topological polar surface area (TPSA) is 90.9 Å². The van der Waals surface area contributed by atoms with Gasteiger partial charge in [-0.15, -0.1) is 0 Å². The molecule has 144 valence electrons. The molecule has 7 heteroatoms. The lowest BCUT2D eigenvalue weighted by Gasteiger charge is -2.23. The first-order valence-electron chi connectivity index (χ1n) is 8.39. The Balaban J connectivity index is 2.89. The summed E-state index contributed by atoms with van der Waals surface area (Å²) in [5.41, 5.74) is 0.468. The average Bonchev–Trinajstić information content (AvgIpc) is 2.51. The number of ether oxygens (including phenoxy) is 3. The molecule has 1 atom stereocenters. The van der Waals surface area contributed by atoms with Gasteiger partial charge in [-0.3, -0.25) is 0 Å². The normalized spacial score (nSPS) is 12.3. The summed E-state index contributed by atoms with van der Waals surface area (Å²) in [7, 11) is 1.30. The van der Waals surface area contributed by atoms with E-state index in [4.69, 9.17) is 9.47 Å². The molecule has 0 unspecified atom stereocenters. The molecule has 1 aromatic carbocycles. The molecule has 0 spiro atoms. The van der Waals surface area contributed by atoms with Gasteiger partial charge in [0.2, 0.25) is 0 Å². The third kappa shape index (κ3) is 7.55. The van der Waals surface area contributed by atoms with Crippen LogP contribution in [0.4, 0.5) is 4.79 Å². The number of methoxy groups -OCH3 is 1. The molecule has 0 aliphatic carbocycles. The second-order valence-electron chi connectivity index (χ2n) is 7.08. The van der Waals surface area contributed by atoms with Crippen LogP contribution in [0.1, 0.15) is 50.5 Å². The molecule has 1 rings (SSSR count). The molecule has 1 N–H and O–H groups in total. The number of benzene rings is 1. The van der Waals surface area contributed by atoms with Gasteiger partial charge >= 0.3 is 18.0 Å². The Morgan fingerprint density at radius 1 is 1.08 bits per heavy atom. The zero-order valence-corrected chi connectivity index (χ0v) is 16.1. The summed E-state index contributed by atoms with van der Waals surface area (Å²) in [6.07, 6.45) is -0.812. The van der Waals surface area contributed by atoms with Gasteiger partial charge in [-0.05, 0) is 52.3 Å². The molecule has 0 bridgehead atoms. The fraction of sp³-hybridized carbons (Fsp3) is 0.526. The highest BCUT2D eigenvalue weighted by Crippen LogP contribution is 2.11. The minimum Gasteiger partial charge on any atom is -0.465 e. The summed E-state index contributed by atoms with van der Waals surface area (Å²) in [4.78, 5) is 35.8. The Morgan fingerprint density at radius 2 is 1.65 bits per heavy atom. The molecule has 0 aromatic heterocycles. The lowest BCUT2D eigenvalue weighted by Crippen LogP contribution is -2.46. The summed E-state index contributed by atoms with van der Waals surface area (Å²) in [5, 5.41) is 2.55. The summed E-state index contributed by atoms with van der Waals surface area (Å²) < 4.78 is 15.1. The first-order valence-corrected chi connectivity index (χ1v) is 8.39. The second-order valence-corrected chi connectivity index (χ2v) is 7.08. The third-order valence-electron chi connectivity index (χ3n) is 3.14. The van der Waals surface area contributed by atoms with Crippen molar-refractivity contribution in [3.8, 4) is 0 Å². The number of carbonyl (C=O) groups excluding carboxylic acids is 3. The number of hydrogen-bond acceptors (Lipinski definition) is 6. The maximum absolute atomic E-state index is 12.3. The minimum atomic E-state index is -0.906. The standard InChI is InChI=1S/C19H27NO6/c1-12(2)25-17(22)15(20-18(23)26-19(3,4)5)11-13-7-9-14(10-8-13)16(21)24-6/h7-10,12,15H,11H2,1-6H3,(H,20,23)/t15-/m1/s1. The van der Waals surface area contributed by atoms with Crippen LogP contribution < -0.4 is 5.32 Å². The van der Waals surface area contributed by atoms with Crippen LogP contribution in [0.3, 0.4) is 0 Å². The van der Waals surface area contributed by atoms with E-state index in [9.17, 15) is 14.4 Å². The van der Waals surface area contributed by atoms with Crippen LogP contribution >= 0.6 is 0 Å². The fourth-order valence-corrected chi connectivity index (χ4v) is 2.09. The number of carbonyl (C=O) groups is 3. The third-order valence-corrected chi connectivity index (χ3v) is 3.14. The number of rotatable bonds is 6. The average molecular weight is 365 g/mol. The fourth-order valence-electron chi connectivity index (χ4n) is 2.09. The second kappa shape index (κ2) is 9.22. The molecular weight excluding hydrogens is 338 g/mol. The molecular formula is C19H27NO6. The van der Waals surface area contributed by atoms with E-state index >= 15 is 0 Å². The molecule has 0 saturated carbocycles. The first-order chi connectivity index (χ1) is 12.0. The van der Waals surface area contributed by atoms with Gasteiger partial charge in [-0.25, -0.2) is 14.4 Å². The van der Waals surface area contributed by atoms with Crippen molar-refractivity contribution in [2.75, 3.05) is 7.11 Å².